The van der Waals surface area contributed by atoms with E-state index in [0.29, 0.717) is 25.7 Å². The van der Waals surface area contributed by atoms with Gasteiger partial charge in [-0.05, 0) is 37.5 Å². The molecule has 3 N–H and O–H groups in total. The fourth-order valence-corrected chi connectivity index (χ4v) is 13.1. The van der Waals surface area contributed by atoms with Crippen molar-refractivity contribution in [1.82, 2.24) is 0 Å². The minimum atomic E-state index is -4.96. The summed E-state index contributed by atoms with van der Waals surface area (Å²) in [4.78, 5) is 72.7. The summed E-state index contributed by atoms with van der Waals surface area (Å²) in [7, 11) is -9.91. The number of carbonyl (C=O) groups is 4. The van der Waals surface area contributed by atoms with Crippen molar-refractivity contribution in [3.63, 3.8) is 0 Å². The highest BCUT2D eigenvalue weighted by atomic mass is 31.2. The summed E-state index contributed by atoms with van der Waals surface area (Å²) in [5, 5.41) is 10.6. The first-order valence-electron chi connectivity index (χ1n) is 39.0. The number of aliphatic hydroxyl groups is 1. The van der Waals surface area contributed by atoms with Gasteiger partial charge in [-0.3, -0.25) is 37.3 Å². The van der Waals surface area contributed by atoms with Crippen LogP contribution < -0.4 is 0 Å². The number of esters is 4. The highest BCUT2D eigenvalue weighted by Crippen LogP contribution is 2.45. The number of hydrogen-bond acceptors (Lipinski definition) is 15. The van der Waals surface area contributed by atoms with Crippen LogP contribution in [-0.2, 0) is 65.4 Å². The average Bonchev–Trinajstić information content (AvgIpc) is 3.72. The van der Waals surface area contributed by atoms with Crippen LogP contribution in [-0.4, -0.2) is 96.7 Å². The molecule has 0 radical (unpaired) electrons. The molecule has 0 aliphatic heterocycles. The average molecular weight is 1380 g/mol. The molecule has 558 valence electrons. The first-order valence-corrected chi connectivity index (χ1v) is 42.0. The second-order valence-corrected chi connectivity index (χ2v) is 30.9. The fraction of sp³-hybridized carbons (Fsp3) is 0.947. The minimum absolute atomic E-state index is 0.105. The van der Waals surface area contributed by atoms with Gasteiger partial charge in [0.2, 0.25) is 0 Å². The standard InChI is InChI=1S/C75H146O17P2/c1-7-9-11-13-15-17-19-20-26-29-33-40-46-52-58-73(78)86-63-70(91-74(79)59-53-47-41-34-30-27-24-22-21-23-25-28-31-37-43-49-55-67(3)4)65-89-93(81,82)87-61-69(76)62-88-94(83,84)90-66-71(64-85-72(77)57-51-45-39-32-18-16-14-12-10-8-2)92-75(80)60-54-48-42-36-35-38-44-50-56-68(5)6/h67-71,76H,7-66H2,1-6H3,(H,81,82)(H,83,84)/t69-,70-,71-/m1/s1. The van der Waals surface area contributed by atoms with Gasteiger partial charge in [0.1, 0.15) is 19.3 Å². The third-order valence-corrected chi connectivity index (χ3v) is 19.4. The van der Waals surface area contributed by atoms with Gasteiger partial charge in [0, 0.05) is 25.7 Å². The number of unbranched alkanes of at least 4 members (excludes halogenated alkanes) is 44. The van der Waals surface area contributed by atoms with Gasteiger partial charge in [0.25, 0.3) is 0 Å². The highest BCUT2D eigenvalue weighted by molar-refractivity contribution is 7.47. The lowest BCUT2D eigenvalue weighted by atomic mass is 10.0. The molecule has 0 saturated heterocycles. The summed E-state index contributed by atoms with van der Waals surface area (Å²) >= 11 is 0. The second kappa shape index (κ2) is 66.9. The Morgan fingerprint density at radius 2 is 0.489 bits per heavy atom. The summed E-state index contributed by atoms with van der Waals surface area (Å²) in [5.74, 6) is -0.590. The van der Waals surface area contributed by atoms with E-state index in [-0.39, 0.29) is 25.7 Å². The van der Waals surface area contributed by atoms with Crippen molar-refractivity contribution in [2.45, 2.75) is 407 Å². The molecule has 2 unspecified atom stereocenters. The van der Waals surface area contributed by atoms with Crippen LogP contribution >= 0.6 is 15.6 Å². The maximum absolute atomic E-state index is 13.1. The van der Waals surface area contributed by atoms with Crippen LogP contribution in [0.25, 0.3) is 0 Å². The van der Waals surface area contributed by atoms with E-state index < -0.39 is 97.5 Å². The number of phosphoric ester groups is 2. The monoisotopic (exact) mass is 1380 g/mol. The first-order chi connectivity index (χ1) is 45.4. The van der Waals surface area contributed by atoms with Crippen molar-refractivity contribution in [3.05, 3.63) is 0 Å². The predicted molar refractivity (Wildman–Crippen MR) is 381 cm³/mol. The highest BCUT2D eigenvalue weighted by Gasteiger charge is 2.30. The van der Waals surface area contributed by atoms with Crippen LogP contribution in [0.5, 0.6) is 0 Å². The predicted octanol–water partition coefficient (Wildman–Crippen LogP) is 21.9. The van der Waals surface area contributed by atoms with E-state index in [2.05, 4.69) is 41.5 Å². The molecule has 0 fully saturated rings. The van der Waals surface area contributed by atoms with Gasteiger partial charge in [0.15, 0.2) is 12.2 Å². The van der Waals surface area contributed by atoms with Gasteiger partial charge in [-0.25, -0.2) is 9.13 Å². The molecule has 0 bridgehead atoms. The maximum atomic E-state index is 13.1. The summed E-state index contributed by atoms with van der Waals surface area (Å²) < 4.78 is 68.5. The SMILES string of the molecule is CCCCCCCCCCCCCCCCC(=O)OC[C@H](COP(=O)(O)OC[C@@H](O)COP(=O)(O)OC[C@@H](COC(=O)CCCCCCCCCCCC)OC(=O)CCCCCCCCCCC(C)C)OC(=O)CCCCCCCCCCCCCCCCCCC(C)C. The molecule has 5 atom stereocenters. The number of phosphoric acid groups is 2. The smallest absolute Gasteiger partial charge is 0.462 e. The molecule has 0 amide bonds. The number of ether oxygens (including phenoxy) is 4. The van der Waals surface area contributed by atoms with Crippen LogP contribution in [0.2, 0.25) is 0 Å². The van der Waals surface area contributed by atoms with Gasteiger partial charge in [0.05, 0.1) is 26.4 Å². The van der Waals surface area contributed by atoms with Crippen LogP contribution in [0.3, 0.4) is 0 Å². The van der Waals surface area contributed by atoms with E-state index in [0.717, 1.165) is 102 Å². The maximum Gasteiger partial charge on any atom is 0.472 e. The molecule has 19 heteroatoms. The lowest BCUT2D eigenvalue weighted by molar-refractivity contribution is -0.161. The summed E-state index contributed by atoms with van der Waals surface area (Å²) in [5.41, 5.74) is 0. The molecule has 17 nitrogen and oxygen atoms in total. The van der Waals surface area contributed by atoms with E-state index in [1.165, 1.54) is 205 Å². The third-order valence-electron chi connectivity index (χ3n) is 17.5. The Labute approximate surface area is 575 Å². The Hall–Kier alpha value is -1.94. The van der Waals surface area contributed by atoms with E-state index in [9.17, 15) is 43.2 Å². The van der Waals surface area contributed by atoms with Crippen LogP contribution in [0, 0.1) is 11.8 Å². The van der Waals surface area contributed by atoms with Crippen molar-refractivity contribution in [3.8, 4) is 0 Å². The normalized spacial score (nSPS) is 14.0. The molecule has 0 aliphatic carbocycles. The van der Waals surface area contributed by atoms with E-state index in [1.54, 1.807) is 0 Å². The van der Waals surface area contributed by atoms with Crippen molar-refractivity contribution in [1.29, 1.82) is 0 Å². The number of rotatable bonds is 74. The topological polar surface area (TPSA) is 237 Å². The summed E-state index contributed by atoms with van der Waals surface area (Å²) in [6.07, 6.45) is 54.1. The third kappa shape index (κ3) is 68.6. The Morgan fingerprint density at radius 3 is 0.723 bits per heavy atom. The van der Waals surface area contributed by atoms with Gasteiger partial charge in [-0.2, -0.15) is 0 Å². The summed E-state index contributed by atoms with van der Waals surface area (Å²) in [6, 6.07) is 0. The molecule has 0 spiro atoms. The first kappa shape index (κ1) is 92.1. The van der Waals surface area contributed by atoms with Gasteiger partial charge < -0.3 is 33.8 Å². The molecule has 0 rings (SSSR count). The van der Waals surface area contributed by atoms with Crippen molar-refractivity contribution < 1.29 is 80.2 Å². The largest absolute Gasteiger partial charge is 0.472 e. The molecule has 0 aromatic rings. The van der Waals surface area contributed by atoms with E-state index in [4.69, 9.17) is 37.0 Å². The zero-order chi connectivity index (χ0) is 69.3. The molecule has 0 heterocycles. The molecule has 94 heavy (non-hydrogen) atoms. The molecular weight excluding hydrogens is 1230 g/mol. The van der Waals surface area contributed by atoms with Crippen LogP contribution in [0.1, 0.15) is 388 Å². The Morgan fingerprint density at radius 1 is 0.287 bits per heavy atom. The fourth-order valence-electron chi connectivity index (χ4n) is 11.5. The summed E-state index contributed by atoms with van der Waals surface area (Å²) in [6.45, 7) is 9.57. The molecule has 0 saturated carbocycles. The van der Waals surface area contributed by atoms with Gasteiger partial charge in [-0.15, -0.1) is 0 Å². The minimum Gasteiger partial charge on any atom is -0.462 e. The second-order valence-electron chi connectivity index (χ2n) is 28.0. The van der Waals surface area contributed by atoms with Crippen molar-refractivity contribution in [2.75, 3.05) is 39.6 Å². The van der Waals surface area contributed by atoms with E-state index in [1.807, 2.05) is 0 Å². The van der Waals surface area contributed by atoms with Crippen molar-refractivity contribution >= 4 is 39.5 Å². The number of hydrogen-bond donors (Lipinski definition) is 3. The zero-order valence-electron chi connectivity index (χ0n) is 61.3. The van der Waals surface area contributed by atoms with Gasteiger partial charge >= 0.3 is 39.5 Å². The lowest BCUT2D eigenvalue weighted by Crippen LogP contribution is -2.30. The quantitative estimate of drug-likeness (QED) is 0.0222. The number of carbonyl (C=O) groups excluding carboxylic acids is 4. The Bertz CT molecular complexity index is 1820. The lowest BCUT2D eigenvalue weighted by Gasteiger charge is -2.21. The van der Waals surface area contributed by atoms with Crippen molar-refractivity contribution in [2.24, 2.45) is 11.8 Å². The Balaban J connectivity index is 5.22. The molecular formula is C75H146O17P2. The number of aliphatic hydroxyl groups excluding tert-OH is 1. The van der Waals surface area contributed by atoms with Crippen LogP contribution in [0.4, 0.5) is 0 Å². The molecule has 0 aliphatic rings. The van der Waals surface area contributed by atoms with Crippen LogP contribution in [0.15, 0.2) is 0 Å². The zero-order valence-corrected chi connectivity index (χ0v) is 63.1. The van der Waals surface area contributed by atoms with Gasteiger partial charge in [-0.1, -0.05) is 337 Å². The molecule has 0 aromatic carbocycles. The molecule has 0 aromatic heterocycles. The van der Waals surface area contributed by atoms with E-state index >= 15 is 0 Å². The Kier molecular flexibility index (Phi) is 65.5.